The van der Waals surface area contributed by atoms with Gasteiger partial charge in [-0.15, -0.1) is 0 Å². The van der Waals surface area contributed by atoms with Crippen LogP contribution < -0.4 is 5.73 Å². The highest BCUT2D eigenvalue weighted by molar-refractivity contribution is 5.99. The Morgan fingerprint density at radius 2 is 1.86 bits per heavy atom. The maximum absolute atomic E-state index is 11.4. The number of hydrogen-bond acceptors (Lipinski definition) is 4. The smallest absolute Gasteiger partial charge is 0.318 e. The van der Waals surface area contributed by atoms with Crippen LogP contribution in [0.3, 0.4) is 0 Å². The quantitative estimate of drug-likeness (QED) is 0.572. The van der Waals surface area contributed by atoms with Gasteiger partial charge in [-0.2, -0.15) is 0 Å². The molecule has 0 bridgehead atoms. The molecule has 1 heterocycles. The summed E-state index contributed by atoms with van der Waals surface area (Å²) in [5.41, 5.74) is 8.68. The van der Waals surface area contributed by atoms with Crippen molar-refractivity contribution in [1.82, 2.24) is 4.98 Å². The van der Waals surface area contributed by atoms with E-state index in [-0.39, 0.29) is 11.4 Å². The van der Waals surface area contributed by atoms with Gasteiger partial charge >= 0.3 is 5.69 Å². The number of aryl methyl sites for hydroxylation is 1. The first-order valence-electron chi connectivity index (χ1n) is 6.47. The number of nitrogen functional groups attached to an aromatic ring is 1. The average molecular weight is 279 g/mol. The van der Waals surface area contributed by atoms with Gasteiger partial charge in [0.25, 0.3) is 0 Å². The molecule has 2 N–H and O–H groups in total. The monoisotopic (exact) mass is 279 g/mol. The molecule has 104 valence electrons. The molecule has 5 nitrogen and oxygen atoms in total. The second-order valence-corrected chi connectivity index (χ2v) is 4.87. The van der Waals surface area contributed by atoms with Crippen LogP contribution in [0.25, 0.3) is 22.2 Å². The highest BCUT2D eigenvalue weighted by atomic mass is 16.6. The van der Waals surface area contributed by atoms with Gasteiger partial charge in [0.1, 0.15) is 5.69 Å². The van der Waals surface area contributed by atoms with E-state index in [4.69, 9.17) is 5.73 Å². The van der Waals surface area contributed by atoms with Crippen molar-refractivity contribution < 1.29 is 4.92 Å². The van der Waals surface area contributed by atoms with Gasteiger partial charge < -0.3 is 5.73 Å². The van der Waals surface area contributed by atoms with E-state index in [0.29, 0.717) is 22.2 Å². The normalized spacial score (nSPS) is 10.7. The van der Waals surface area contributed by atoms with Crippen LogP contribution in [0.5, 0.6) is 0 Å². The number of pyridine rings is 1. The molecule has 5 heteroatoms. The standard InChI is InChI=1S/C16H13N3O2/c1-10-7-8-13-12(9-10)14(17)16(19(20)21)15(18-13)11-5-3-2-4-6-11/h2-9H,1H3,(H2,17,18). The van der Waals surface area contributed by atoms with Crippen LogP contribution >= 0.6 is 0 Å². The van der Waals surface area contributed by atoms with Crippen molar-refractivity contribution >= 4 is 22.3 Å². The number of anilines is 1. The van der Waals surface area contributed by atoms with E-state index >= 15 is 0 Å². The number of fused-ring (bicyclic) bond motifs is 1. The summed E-state index contributed by atoms with van der Waals surface area (Å²) in [5.74, 6) is 0. The molecular weight excluding hydrogens is 266 g/mol. The van der Waals surface area contributed by atoms with Gasteiger partial charge in [-0.1, -0.05) is 42.0 Å². The predicted octanol–water partition coefficient (Wildman–Crippen LogP) is 3.70. The number of aromatic nitrogens is 1. The minimum atomic E-state index is -0.466. The minimum Gasteiger partial charge on any atom is -0.393 e. The van der Waals surface area contributed by atoms with Gasteiger partial charge in [0.2, 0.25) is 0 Å². The molecule has 0 spiro atoms. The zero-order valence-electron chi connectivity index (χ0n) is 11.4. The third-order valence-corrected chi connectivity index (χ3v) is 3.38. The fourth-order valence-corrected chi connectivity index (χ4v) is 2.37. The van der Waals surface area contributed by atoms with Crippen molar-refractivity contribution in [2.45, 2.75) is 6.92 Å². The molecule has 0 saturated carbocycles. The van der Waals surface area contributed by atoms with Crippen LogP contribution in [0.2, 0.25) is 0 Å². The molecule has 0 atom stereocenters. The summed E-state index contributed by atoms with van der Waals surface area (Å²) >= 11 is 0. The molecule has 2 aromatic carbocycles. The maximum Gasteiger partial charge on any atom is 0.318 e. The first-order chi connectivity index (χ1) is 10.1. The highest BCUT2D eigenvalue weighted by Crippen LogP contribution is 2.37. The van der Waals surface area contributed by atoms with Crippen LogP contribution in [0, 0.1) is 17.0 Å². The molecule has 0 amide bonds. The van der Waals surface area contributed by atoms with Crippen LogP contribution in [0.1, 0.15) is 5.56 Å². The SMILES string of the molecule is Cc1ccc2nc(-c3ccccc3)c([N+](=O)[O-])c(N)c2c1. The number of nitrogens with zero attached hydrogens (tertiary/aromatic N) is 2. The van der Waals surface area contributed by atoms with E-state index in [1.165, 1.54) is 0 Å². The van der Waals surface area contributed by atoms with Gasteiger partial charge in [0.05, 0.1) is 10.4 Å². The summed E-state index contributed by atoms with van der Waals surface area (Å²) in [4.78, 5) is 15.4. The van der Waals surface area contributed by atoms with E-state index in [1.807, 2.05) is 43.3 Å². The Labute approximate surface area is 121 Å². The van der Waals surface area contributed by atoms with Crippen LogP contribution in [-0.4, -0.2) is 9.91 Å². The number of nitrogens with two attached hydrogens (primary N) is 1. The predicted molar refractivity (Wildman–Crippen MR) is 83.0 cm³/mol. The van der Waals surface area contributed by atoms with Crippen LogP contribution in [0.15, 0.2) is 48.5 Å². The third kappa shape index (κ3) is 2.18. The lowest BCUT2D eigenvalue weighted by atomic mass is 10.0. The van der Waals surface area contributed by atoms with E-state index in [2.05, 4.69) is 4.98 Å². The second-order valence-electron chi connectivity index (χ2n) is 4.87. The zero-order valence-corrected chi connectivity index (χ0v) is 11.4. The second kappa shape index (κ2) is 4.86. The van der Waals surface area contributed by atoms with Crippen molar-refractivity contribution in [1.29, 1.82) is 0 Å². The molecule has 0 aliphatic rings. The van der Waals surface area contributed by atoms with Gasteiger partial charge in [-0.05, 0) is 19.1 Å². The highest BCUT2D eigenvalue weighted by Gasteiger charge is 2.23. The van der Waals surface area contributed by atoms with Gasteiger partial charge in [-0.3, -0.25) is 10.1 Å². The number of benzene rings is 2. The van der Waals surface area contributed by atoms with Gasteiger partial charge in [-0.25, -0.2) is 4.98 Å². The number of hydrogen-bond donors (Lipinski definition) is 1. The molecule has 21 heavy (non-hydrogen) atoms. The van der Waals surface area contributed by atoms with Crippen LogP contribution in [0.4, 0.5) is 11.4 Å². The van der Waals surface area contributed by atoms with Gasteiger partial charge in [0, 0.05) is 10.9 Å². The molecule has 0 aliphatic carbocycles. The Balaban J connectivity index is 2.41. The topological polar surface area (TPSA) is 82.0 Å². The third-order valence-electron chi connectivity index (χ3n) is 3.38. The van der Waals surface area contributed by atoms with E-state index < -0.39 is 4.92 Å². The largest absolute Gasteiger partial charge is 0.393 e. The molecule has 1 aromatic heterocycles. The molecule has 0 radical (unpaired) electrons. The van der Waals surface area contributed by atoms with Crippen molar-refractivity contribution in [2.75, 3.05) is 5.73 Å². The molecule has 0 fully saturated rings. The van der Waals surface area contributed by atoms with Crippen molar-refractivity contribution in [3.63, 3.8) is 0 Å². The van der Waals surface area contributed by atoms with Crippen LogP contribution in [-0.2, 0) is 0 Å². The van der Waals surface area contributed by atoms with Crippen molar-refractivity contribution in [3.8, 4) is 11.3 Å². The summed E-state index contributed by atoms with van der Waals surface area (Å²) in [6.07, 6.45) is 0. The number of nitro groups is 1. The summed E-state index contributed by atoms with van der Waals surface area (Å²) in [7, 11) is 0. The molecule has 0 aliphatic heterocycles. The average Bonchev–Trinajstić information content (AvgIpc) is 2.48. The fraction of sp³-hybridized carbons (Fsp3) is 0.0625. The van der Waals surface area contributed by atoms with E-state index in [9.17, 15) is 10.1 Å². The maximum atomic E-state index is 11.4. The molecule has 3 aromatic rings. The minimum absolute atomic E-state index is 0.140. The molecule has 0 unspecified atom stereocenters. The molecule has 0 saturated heterocycles. The lowest BCUT2D eigenvalue weighted by molar-refractivity contribution is -0.383. The van der Waals surface area contributed by atoms with E-state index in [1.54, 1.807) is 12.1 Å². The first kappa shape index (κ1) is 13.1. The van der Waals surface area contributed by atoms with Gasteiger partial charge in [0.15, 0.2) is 5.69 Å². The number of rotatable bonds is 2. The summed E-state index contributed by atoms with van der Waals surface area (Å²) < 4.78 is 0. The van der Waals surface area contributed by atoms with Crippen molar-refractivity contribution in [3.05, 3.63) is 64.2 Å². The summed E-state index contributed by atoms with van der Waals surface area (Å²) in [5, 5.41) is 12.0. The Bertz CT molecular complexity index is 845. The van der Waals surface area contributed by atoms with Crippen molar-refractivity contribution in [2.24, 2.45) is 0 Å². The lowest BCUT2D eigenvalue weighted by Gasteiger charge is -2.09. The Morgan fingerprint density at radius 1 is 1.14 bits per heavy atom. The fourth-order valence-electron chi connectivity index (χ4n) is 2.37. The molecular formula is C16H13N3O2. The lowest BCUT2D eigenvalue weighted by Crippen LogP contribution is -2.02. The molecule has 3 rings (SSSR count). The Hall–Kier alpha value is -2.95. The Morgan fingerprint density at radius 3 is 2.52 bits per heavy atom. The van der Waals surface area contributed by atoms with E-state index in [0.717, 1.165) is 5.56 Å². The Kier molecular flexibility index (Phi) is 3.02. The zero-order chi connectivity index (χ0) is 15.0. The summed E-state index contributed by atoms with van der Waals surface area (Å²) in [6, 6.07) is 14.6. The summed E-state index contributed by atoms with van der Waals surface area (Å²) in [6.45, 7) is 1.91. The first-order valence-corrected chi connectivity index (χ1v) is 6.47.